The van der Waals surface area contributed by atoms with Gasteiger partial charge in [0, 0.05) is 18.3 Å². The molecule has 2 aliphatic carbocycles. The highest BCUT2D eigenvalue weighted by Gasteiger charge is 2.61. The van der Waals surface area contributed by atoms with Gasteiger partial charge in [0.2, 0.25) is 0 Å². The van der Waals surface area contributed by atoms with Crippen molar-refractivity contribution in [2.75, 3.05) is 0 Å². The summed E-state index contributed by atoms with van der Waals surface area (Å²) in [4.78, 5) is 4.33. The topological polar surface area (TPSA) is 48.1 Å². The number of rotatable bonds is 4. The molecule has 3 rings (SSSR count). The SMILES string of the molecule is CC1(C)C2CCC1(C)C(OCc1cccnc1CN)C2. The third-order valence-electron chi connectivity index (χ3n) is 6.33. The van der Waals surface area contributed by atoms with Crippen LogP contribution in [0.25, 0.3) is 0 Å². The van der Waals surface area contributed by atoms with Gasteiger partial charge in [-0.2, -0.15) is 0 Å². The van der Waals surface area contributed by atoms with E-state index in [1.807, 2.05) is 6.07 Å². The molecule has 3 unspecified atom stereocenters. The van der Waals surface area contributed by atoms with E-state index < -0.39 is 0 Å². The zero-order valence-electron chi connectivity index (χ0n) is 12.9. The molecule has 2 bridgehead atoms. The monoisotopic (exact) mass is 274 g/mol. The molecule has 2 saturated carbocycles. The second-order valence-electron chi connectivity index (χ2n) is 7.22. The van der Waals surface area contributed by atoms with E-state index in [2.05, 4.69) is 31.8 Å². The van der Waals surface area contributed by atoms with Crippen LogP contribution in [0, 0.1) is 16.7 Å². The maximum atomic E-state index is 6.31. The van der Waals surface area contributed by atoms with Crippen LogP contribution in [0.3, 0.4) is 0 Å². The van der Waals surface area contributed by atoms with Crippen molar-refractivity contribution in [1.82, 2.24) is 4.98 Å². The number of ether oxygens (including phenoxy) is 1. The summed E-state index contributed by atoms with van der Waals surface area (Å²) in [7, 11) is 0. The fraction of sp³-hybridized carbons (Fsp3) is 0.706. The van der Waals surface area contributed by atoms with Gasteiger partial charge >= 0.3 is 0 Å². The molecule has 20 heavy (non-hydrogen) atoms. The predicted molar refractivity (Wildman–Crippen MR) is 79.9 cm³/mol. The molecule has 110 valence electrons. The minimum Gasteiger partial charge on any atom is -0.373 e. The van der Waals surface area contributed by atoms with E-state index in [-0.39, 0.29) is 0 Å². The van der Waals surface area contributed by atoms with Gasteiger partial charge in [0.15, 0.2) is 0 Å². The first-order chi connectivity index (χ1) is 9.49. The van der Waals surface area contributed by atoms with Crippen LogP contribution >= 0.6 is 0 Å². The van der Waals surface area contributed by atoms with Crippen molar-refractivity contribution in [2.45, 2.75) is 59.3 Å². The Labute approximate surface area is 121 Å². The summed E-state index contributed by atoms with van der Waals surface area (Å²) >= 11 is 0. The van der Waals surface area contributed by atoms with Crippen LogP contribution in [0.4, 0.5) is 0 Å². The van der Waals surface area contributed by atoms with Gasteiger partial charge in [0.05, 0.1) is 18.4 Å². The van der Waals surface area contributed by atoms with Crippen molar-refractivity contribution in [3.8, 4) is 0 Å². The van der Waals surface area contributed by atoms with Crippen molar-refractivity contribution >= 4 is 0 Å². The number of nitrogens with zero attached hydrogens (tertiary/aromatic N) is 1. The summed E-state index contributed by atoms with van der Waals surface area (Å²) < 4.78 is 6.31. The van der Waals surface area contributed by atoms with Crippen LogP contribution in [0.5, 0.6) is 0 Å². The summed E-state index contributed by atoms with van der Waals surface area (Å²) in [6.45, 7) is 8.38. The van der Waals surface area contributed by atoms with Gasteiger partial charge < -0.3 is 10.5 Å². The van der Waals surface area contributed by atoms with Crippen LogP contribution < -0.4 is 5.73 Å². The molecule has 0 spiro atoms. The van der Waals surface area contributed by atoms with Crippen LogP contribution in [-0.4, -0.2) is 11.1 Å². The van der Waals surface area contributed by atoms with Gasteiger partial charge in [-0.25, -0.2) is 0 Å². The number of hydrogen-bond acceptors (Lipinski definition) is 3. The highest BCUT2D eigenvalue weighted by molar-refractivity contribution is 5.19. The maximum absolute atomic E-state index is 6.31. The first-order valence-electron chi connectivity index (χ1n) is 7.73. The van der Waals surface area contributed by atoms with E-state index in [9.17, 15) is 0 Å². The molecule has 1 aromatic heterocycles. The molecular weight excluding hydrogens is 248 g/mol. The number of nitrogens with two attached hydrogens (primary N) is 1. The number of fused-ring (bicyclic) bond motifs is 2. The smallest absolute Gasteiger partial charge is 0.0739 e. The average molecular weight is 274 g/mol. The fourth-order valence-electron chi connectivity index (χ4n) is 4.36. The second-order valence-corrected chi connectivity index (χ2v) is 7.22. The van der Waals surface area contributed by atoms with Crippen LogP contribution in [0.1, 0.15) is 51.3 Å². The van der Waals surface area contributed by atoms with E-state index in [0.29, 0.717) is 30.1 Å². The van der Waals surface area contributed by atoms with Crippen molar-refractivity contribution in [2.24, 2.45) is 22.5 Å². The highest BCUT2D eigenvalue weighted by atomic mass is 16.5. The molecule has 2 fully saturated rings. The molecule has 3 heteroatoms. The summed E-state index contributed by atoms with van der Waals surface area (Å²) in [6.07, 6.45) is 6.05. The molecule has 2 aliphatic rings. The molecule has 0 aromatic carbocycles. The van der Waals surface area contributed by atoms with Crippen LogP contribution in [-0.2, 0) is 17.9 Å². The first-order valence-corrected chi connectivity index (χ1v) is 7.73. The summed E-state index contributed by atoms with van der Waals surface area (Å²) in [5.74, 6) is 0.820. The van der Waals surface area contributed by atoms with Crippen molar-refractivity contribution < 1.29 is 4.74 Å². The fourth-order valence-corrected chi connectivity index (χ4v) is 4.36. The molecule has 3 atom stereocenters. The summed E-state index contributed by atoms with van der Waals surface area (Å²) in [5.41, 5.74) is 8.57. The summed E-state index contributed by atoms with van der Waals surface area (Å²) in [5, 5.41) is 0. The number of aromatic nitrogens is 1. The molecule has 1 aromatic rings. The Kier molecular flexibility index (Phi) is 3.38. The minimum atomic E-state index is 0.322. The standard InChI is InChI=1S/C17H26N2O/c1-16(2)13-6-7-17(16,3)15(9-13)20-11-12-5-4-8-19-14(12)10-18/h4-5,8,13,15H,6-7,9-11,18H2,1-3H3. The van der Waals surface area contributed by atoms with Gasteiger partial charge in [-0.05, 0) is 42.1 Å². The van der Waals surface area contributed by atoms with Crippen LogP contribution in [0.15, 0.2) is 18.3 Å². The van der Waals surface area contributed by atoms with Gasteiger partial charge in [-0.3, -0.25) is 4.98 Å². The Hall–Kier alpha value is -0.930. The predicted octanol–water partition coefficient (Wildman–Crippen LogP) is 3.27. The van der Waals surface area contributed by atoms with E-state index in [0.717, 1.165) is 17.2 Å². The number of hydrogen-bond donors (Lipinski definition) is 1. The lowest BCUT2D eigenvalue weighted by Crippen LogP contribution is -2.37. The molecule has 3 nitrogen and oxygen atoms in total. The molecule has 0 saturated heterocycles. The molecule has 0 radical (unpaired) electrons. The van der Waals surface area contributed by atoms with E-state index in [4.69, 9.17) is 10.5 Å². The molecular formula is C17H26N2O. The Morgan fingerprint density at radius 2 is 2.20 bits per heavy atom. The maximum Gasteiger partial charge on any atom is 0.0739 e. The average Bonchev–Trinajstić information content (AvgIpc) is 2.78. The quantitative estimate of drug-likeness (QED) is 0.916. The molecule has 0 amide bonds. The molecule has 0 aliphatic heterocycles. The molecule has 1 heterocycles. The van der Waals surface area contributed by atoms with E-state index >= 15 is 0 Å². The van der Waals surface area contributed by atoms with Gasteiger partial charge in [0.1, 0.15) is 0 Å². The lowest BCUT2D eigenvalue weighted by atomic mass is 9.70. The lowest BCUT2D eigenvalue weighted by molar-refractivity contribution is -0.0553. The van der Waals surface area contributed by atoms with Gasteiger partial charge in [-0.1, -0.05) is 26.8 Å². The Morgan fingerprint density at radius 3 is 2.80 bits per heavy atom. The van der Waals surface area contributed by atoms with Crippen molar-refractivity contribution in [3.63, 3.8) is 0 Å². The normalized spacial score (nSPS) is 34.6. The van der Waals surface area contributed by atoms with Gasteiger partial charge in [0.25, 0.3) is 0 Å². The zero-order chi connectivity index (χ0) is 14.4. The Bertz CT molecular complexity index is 500. The largest absolute Gasteiger partial charge is 0.373 e. The van der Waals surface area contributed by atoms with E-state index in [1.54, 1.807) is 6.20 Å². The minimum absolute atomic E-state index is 0.322. The Morgan fingerprint density at radius 1 is 1.40 bits per heavy atom. The second kappa shape index (κ2) is 4.81. The Balaban J connectivity index is 1.71. The van der Waals surface area contributed by atoms with Crippen molar-refractivity contribution in [3.05, 3.63) is 29.6 Å². The third-order valence-corrected chi connectivity index (χ3v) is 6.33. The molecule has 2 N–H and O–H groups in total. The van der Waals surface area contributed by atoms with Gasteiger partial charge in [-0.15, -0.1) is 0 Å². The van der Waals surface area contributed by atoms with E-state index in [1.165, 1.54) is 19.3 Å². The zero-order valence-corrected chi connectivity index (χ0v) is 12.9. The first kappa shape index (κ1) is 14.0. The number of pyridine rings is 1. The highest BCUT2D eigenvalue weighted by Crippen LogP contribution is 2.66. The summed E-state index contributed by atoms with van der Waals surface area (Å²) in [6, 6.07) is 4.04. The third kappa shape index (κ3) is 1.91. The van der Waals surface area contributed by atoms with Crippen molar-refractivity contribution in [1.29, 1.82) is 0 Å². The van der Waals surface area contributed by atoms with Crippen LogP contribution in [0.2, 0.25) is 0 Å². The lowest BCUT2D eigenvalue weighted by Gasteiger charge is -2.39.